The van der Waals surface area contributed by atoms with E-state index in [0.717, 1.165) is 12.8 Å². The minimum absolute atomic E-state index is 0.343. The lowest BCUT2D eigenvalue weighted by molar-refractivity contribution is -0.406. The highest BCUT2D eigenvalue weighted by molar-refractivity contribution is 5.66. The van der Waals surface area contributed by atoms with Crippen molar-refractivity contribution in [2.24, 2.45) is 0 Å². The van der Waals surface area contributed by atoms with Crippen LogP contribution in [0.2, 0.25) is 0 Å². The molecule has 2 rings (SSSR count). The molecule has 13 nitrogen and oxygen atoms in total. The van der Waals surface area contributed by atoms with Gasteiger partial charge in [0, 0.05) is 6.42 Å². The van der Waals surface area contributed by atoms with Crippen molar-refractivity contribution in [3.63, 3.8) is 0 Å². The van der Waals surface area contributed by atoms with Crippen LogP contribution in [0.25, 0.3) is 0 Å². The van der Waals surface area contributed by atoms with E-state index in [1.54, 1.807) is 0 Å². The fourth-order valence-electron chi connectivity index (χ4n) is 4.44. The summed E-state index contributed by atoms with van der Waals surface area (Å²) in [6, 6.07) is 0. The standard InChI is InChI=1S/C12H22O11.C12H24O2/c13-1-3-5(15)7(17)9(19)11(22-3)12(21)10(20)8(18)6(16)4(2-14)23-12;1-2-3-4-5-6-7-8-9-10-11-12(13)14/h3-11,13-21H,1-2H2;2-11H2,1H3,(H,13,14)/t3-,4-,5+,6-,7+,8+,9-,10-,11-,12-;/m1./s1. The Labute approximate surface area is 216 Å². The largest absolute Gasteiger partial charge is 0.481 e. The van der Waals surface area contributed by atoms with E-state index in [4.69, 9.17) is 24.8 Å². The van der Waals surface area contributed by atoms with Crippen molar-refractivity contribution in [1.29, 1.82) is 0 Å². The number of carboxylic acid groups (broad SMARTS) is 1. The van der Waals surface area contributed by atoms with Gasteiger partial charge in [-0.2, -0.15) is 0 Å². The van der Waals surface area contributed by atoms with Gasteiger partial charge in [-0.25, -0.2) is 0 Å². The smallest absolute Gasteiger partial charge is 0.303 e. The van der Waals surface area contributed by atoms with Crippen molar-refractivity contribution in [2.45, 2.75) is 132 Å². The lowest BCUT2D eigenvalue weighted by Gasteiger charge is -2.52. The summed E-state index contributed by atoms with van der Waals surface area (Å²) in [7, 11) is 0. The van der Waals surface area contributed by atoms with E-state index < -0.39 is 79.9 Å². The second-order valence-corrected chi connectivity index (χ2v) is 9.74. The molecule has 0 aromatic heterocycles. The molecule has 0 unspecified atom stereocenters. The molecule has 0 bridgehead atoms. The van der Waals surface area contributed by atoms with Gasteiger partial charge in [-0.1, -0.05) is 58.3 Å². The lowest BCUT2D eigenvalue weighted by Crippen LogP contribution is -2.75. The zero-order chi connectivity index (χ0) is 28.2. The Morgan fingerprint density at radius 3 is 1.68 bits per heavy atom. The van der Waals surface area contributed by atoms with Gasteiger partial charge in [-0.3, -0.25) is 4.79 Å². The molecule has 10 N–H and O–H groups in total. The minimum atomic E-state index is -2.82. The maximum atomic E-state index is 10.5. The number of unbranched alkanes of at least 4 members (excludes halogenated alkanes) is 8. The normalized spacial score (nSPS) is 38.1. The molecule has 2 heterocycles. The second-order valence-electron chi connectivity index (χ2n) is 9.74. The van der Waals surface area contributed by atoms with Crippen LogP contribution in [-0.2, 0) is 14.3 Å². The summed E-state index contributed by atoms with van der Waals surface area (Å²) in [4.78, 5) is 10.2. The van der Waals surface area contributed by atoms with Gasteiger partial charge in [-0.05, 0) is 6.42 Å². The summed E-state index contributed by atoms with van der Waals surface area (Å²) >= 11 is 0. The number of carbonyl (C=O) groups is 1. The molecule has 37 heavy (non-hydrogen) atoms. The fourth-order valence-corrected chi connectivity index (χ4v) is 4.44. The van der Waals surface area contributed by atoms with Crippen LogP contribution in [0, 0.1) is 0 Å². The summed E-state index contributed by atoms with van der Waals surface area (Å²) in [5, 5.41) is 96.1. The minimum Gasteiger partial charge on any atom is -0.481 e. The zero-order valence-electron chi connectivity index (χ0n) is 21.4. The van der Waals surface area contributed by atoms with E-state index >= 15 is 0 Å². The number of aliphatic hydroxyl groups excluding tert-OH is 8. The lowest BCUT2D eigenvalue weighted by atomic mass is 9.83. The molecule has 0 amide bonds. The molecule has 2 saturated heterocycles. The average molecular weight is 543 g/mol. The van der Waals surface area contributed by atoms with Crippen molar-refractivity contribution in [3.05, 3.63) is 0 Å². The first-order chi connectivity index (χ1) is 17.5. The summed E-state index contributed by atoms with van der Waals surface area (Å²) in [5.41, 5.74) is 0. The number of rotatable bonds is 13. The third kappa shape index (κ3) is 9.62. The molecule has 0 aromatic rings. The maximum Gasteiger partial charge on any atom is 0.303 e. The van der Waals surface area contributed by atoms with E-state index in [1.807, 2.05) is 0 Å². The SMILES string of the molecule is CCCCCCCCCCCC(=O)O.OC[C@H]1O[C@@H]([C@]2(O)O[C@H](CO)[C@@H](O)[C@H](O)[C@H]2O)[C@H](O)[C@@H](O)[C@H]1O. The Morgan fingerprint density at radius 2 is 1.19 bits per heavy atom. The highest BCUT2D eigenvalue weighted by atomic mass is 16.7. The van der Waals surface area contributed by atoms with Gasteiger partial charge in [0.2, 0.25) is 5.79 Å². The monoisotopic (exact) mass is 542 g/mol. The van der Waals surface area contributed by atoms with E-state index in [-0.39, 0.29) is 0 Å². The number of aliphatic carboxylic acids is 1. The van der Waals surface area contributed by atoms with Crippen LogP contribution >= 0.6 is 0 Å². The van der Waals surface area contributed by atoms with Gasteiger partial charge in [0.1, 0.15) is 54.9 Å². The number of hydrogen-bond acceptors (Lipinski definition) is 12. The molecule has 0 aliphatic carbocycles. The first-order valence-electron chi connectivity index (χ1n) is 13.0. The molecule has 2 fully saturated rings. The molecular formula is C24H46O13. The third-order valence-corrected chi connectivity index (χ3v) is 6.79. The molecule has 0 spiro atoms. The Bertz CT molecular complexity index is 634. The summed E-state index contributed by atoms with van der Waals surface area (Å²) in [6.07, 6.45) is -4.62. The Morgan fingerprint density at radius 1 is 0.703 bits per heavy atom. The molecule has 13 heteroatoms. The van der Waals surface area contributed by atoms with Crippen molar-refractivity contribution < 1.29 is 65.3 Å². The maximum absolute atomic E-state index is 10.5. The molecule has 2 aliphatic heterocycles. The summed E-state index contributed by atoms with van der Waals surface area (Å²) in [5.74, 6) is -3.48. The van der Waals surface area contributed by atoms with Gasteiger partial charge in [0.15, 0.2) is 0 Å². The number of ether oxygens (including phenoxy) is 2. The zero-order valence-corrected chi connectivity index (χ0v) is 21.4. The predicted molar refractivity (Wildman–Crippen MR) is 128 cm³/mol. The van der Waals surface area contributed by atoms with Crippen LogP contribution in [-0.4, -0.2) is 131 Å². The van der Waals surface area contributed by atoms with E-state index in [2.05, 4.69) is 6.92 Å². The molecule has 220 valence electrons. The van der Waals surface area contributed by atoms with Gasteiger partial charge in [-0.15, -0.1) is 0 Å². The third-order valence-electron chi connectivity index (χ3n) is 6.79. The highest BCUT2D eigenvalue weighted by Crippen LogP contribution is 2.37. The molecular weight excluding hydrogens is 496 g/mol. The Hall–Kier alpha value is -0.970. The topological polar surface area (TPSA) is 238 Å². The average Bonchev–Trinajstić information content (AvgIpc) is 2.87. The first kappa shape index (κ1) is 34.1. The molecule has 10 atom stereocenters. The van der Waals surface area contributed by atoms with Gasteiger partial charge in [0.05, 0.1) is 13.2 Å². The number of hydrogen-bond donors (Lipinski definition) is 10. The predicted octanol–water partition coefficient (Wildman–Crippen LogP) is -2.02. The van der Waals surface area contributed by atoms with Crippen LogP contribution in [0.4, 0.5) is 0 Å². The summed E-state index contributed by atoms with van der Waals surface area (Å²) < 4.78 is 10.1. The van der Waals surface area contributed by atoms with Crippen molar-refractivity contribution in [2.75, 3.05) is 13.2 Å². The van der Waals surface area contributed by atoms with Gasteiger partial charge >= 0.3 is 5.97 Å². The van der Waals surface area contributed by atoms with Crippen LogP contribution in [0.5, 0.6) is 0 Å². The summed E-state index contributed by atoms with van der Waals surface area (Å²) in [6.45, 7) is 0.624. The highest BCUT2D eigenvalue weighted by Gasteiger charge is 2.62. The Kier molecular flexibility index (Phi) is 15.5. The van der Waals surface area contributed by atoms with Crippen molar-refractivity contribution >= 4 is 5.97 Å². The van der Waals surface area contributed by atoms with E-state index in [9.17, 15) is 40.5 Å². The van der Waals surface area contributed by atoms with Crippen LogP contribution in [0.15, 0.2) is 0 Å². The molecule has 0 saturated carbocycles. The quantitative estimate of drug-likeness (QED) is 0.113. The van der Waals surface area contributed by atoms with Crippen LogP contribution in [0.1, 0.15) is 71.1 Å². The van der Waals surface area contributed by atoms with Gasteiger partial charge < -0.3 is 60.5 Å². The fraction of sp³-hybridized carbons (Fsp3) is 0.958. The van der Waals surface area contributed by atoms with Crippen molar-refractivity contribution in [1.82, 2.24) is 0 Å². The molecule has 2 aliphatic rings. The second kappa shape index (κ2) is 16.9. The van der Waals surface area contributed by atoms with Crippen molar-refractivity contribution in [3.8, 4) is 0 Å². The van der Waals surface area contributed by atoms with Crippen LogP contribution < -0.4 is 0 Å². The molecule has 0 radical (unpaired) electrons. The first-order valence-corrected chi connectivity index (χ1v) is 13.0. The Balaban J connectivity index is 0.000000422. The number of aliphatic hydroxyl groups is 9. The van der Waals surface area contributed by atoms with E-state index in [0.29, 0.717) is 6.42 Å². The van der Waals surface area contributed by atoms with Crippen LogP contribution in [0.3, 0.4) is 0 Å². The van der Waals surface area contributed by atoms with E-state index in [1.165, 1.54) is 44.9 Å². The number of carboxylic acids is 1. The molecule has 0 aromatic carbocycles. The van der Waals surface area contributed by atoms with Gasteiger partial charge in [0.25, 0.3) is 0 Å².